The number of hydrogen-bond donors (Lipinski definition) is 2. The summed E-state index contributed by atoms with van der Waals surface area (Å²) < 4.78 is 25.8. The van der Waals surface area contributed by atoms with Gasteiger partial charge in [0, 0.05) is 32.4 Å². The van der Waals surface area contributed by atoms with Crippen LogP contribution < -0.4 is 10.0 Å². The molecule has 1 amide bonds. The van der Waals surface area contributed by atoms with Gasteiger partial charge in [-0.25, -0.2) is 13.1 Å². The van der Waals surface area contributed by atoms with Gasteiger partial charge in [-0.1, -0.05) is 11.6 Å². The summed E-state index contributed by atoms with van der Waals surface area (Å²) in [4.78, 5) is 14.2. The molecule has 0 aromatic carbocycles. The second-order valence-electron chi connectivity index (χ2n) is 3.19. The average Bonchev–Trinajstić information content (AvgIpc) is 2.24. The maximum atomic E-state index is 11.7. The minimum absolute atomic E-state index is 0.0792. The van der Waals surface area contributed by atoms with E-state index in [1.54, 1.807) is 0 Å². The molecule has 2 N–H and O–H groups in total. The van der Waals surface area contributed by atoms with E-state index in [0.717, 1.165) is 0 Å². The summed E-state index contributed by atoms with van der Waals surface area (Å²) in [5, 5.41) is 2.57. The SMILES string of the molecule is CC(=O)NCCNS(=O)(=O)c1cnccc1Cl. The first-order chi connectivity index (χ1) is 7.93. The molecule has 17 heavy (non-hydrogen) atoms. The predicted octanol–water partition coefficient (Wildman–Crippen LogP) is 0.149. The normalized spacial score (nSPS) is 11.2. The molecular weight excluding hydrogens is 266 g/mol. The van der Waals surface area contributed by atoms with Gasteiger partial charge in [-0.05, 0) is 6.07 Å². The molecule has 0 spiro atoms. The number of nitrogens with one attached hydrogen (secondary N) is 2. The number of carbonyl (C=O) groups is 1. The van der Waals surface area contributed by atoms with Crippen molar-refractivity contribution in [3.8, 4) is 0 Å². The number of hydrogen-bond acceptors (Lipinski definition) is 4. The third kappa shape index (κ3) is 4.29. The third-order valence-electron chi connectivity index (χ3n) is 1.81. The molecule has 1 aromatic heterocycles. The maximum absolute atomic E-state index is 11.7. The minimum Gasteiger partial charge on any atom is -0.355 e. The van der Waals surface area contributed by atoms with Crippen LogP contribution in [0.15, 0.2) is 23.4 Å². The van der Waals surface area contributed by atoms with E-state index >= 15 is 0 Å². The molecule has 8 heteroatoms. The van der Waals surface area contributed by atoms with Gasteiger partial charge in [0.2, 0.25) is 15.9 Å². The van der Waals surface area contributed by atoms with Crippen LogP contribution in [0.25, 0.3) is 0 Å². The van der Waals surface area contributed by atoms with Gasteiger partial charge in [-0.3, -0.25) is 9.78 Å². The van der Waals surface area contributed by atoms with Crippen molar-refractivity contribution >= 4 is 27.5 Å². The molecule has 0 unspecified atom stereocenters. The van der Waals surface area contributed by atoms with E-state index < -0.39 is 10.0 Å². The van der Waals surface area contributed by atoms with Crippen LogP contribution >= 0.6 is 11.6 Å². The molecule has 1 rings (SSSR count). The van der Waals surface area contributed by atoms with E-state index in [4.69, 9.17) is 11.6 Å². The highest BCUT2D eigenvalue weighted by Gasteiger charge is 2.16. The number of pyridine rings is 1. The largest absolute Gasteiger partial charge is 0.355 e. The Balaban J connectivity index is 2.64. The molecule has 0 saturated heterocycles. The lowest BCUT2D eigenvalue weighted by Crippen LogP contribution is -2.33. The number of carbonyl (C=O) groups excluding carboxylic acids is 1. The fourth-order valence-corrected chi connectivity index (χ4v) is 2.52. The van der Waals surface area contributed by atoms with Gasteiger partial charge in [0.05, 0.1) is 5.02 Å². The fraction of sp³-hybridized carbons (Fsp3) is 0.333. The van der Waals surface area contributed by atoms with Crippen LogP contribution in [0.2, 0.25) is 5.02 Å². The van der Waals surface area contributed by atoms with Crippen molar-refractivity contribution in [3.63, 3.8) is 0 Å². The van der Waals surface area contributed by atoms with E-state index in [-0.39, 0.29) is 28.9 Å². The molecule has 6 nitrogen and oxygen atoms in total. The predicted molar refractivity (Wildman–Crippen MR) is 63.1 cm³/mol. The summed E-state index contributed by atoms with van der Waals surface area (Å²) in [7, 11) is -3.68. The van der Waals surface area contributed by atoms with Gasteiger partial charge in [0.15, 0.2) is 0 Å². The average molecular weight is 278 g/mol. The second-order valence-corrected chi connectivity index (χ2v) is 5.33. The monoisotopic (exact) mass is 277 g/mol. The summed E-state index contributed by atoms with van der Waals surface area (Å²) in [6.45, 7) is 1.66. The van der Waals surface area contributed by atoms with Crippen LogP contribution in [0, 0.1) is 0 Å². The molecule has 0 bridgehead atoms. The molecule has 94 valence electrons. The Kier molecular flexibility index (Phi) is 4.86. The summed E-state index contributed by atoms with van der Waals surface area (Å²) in [5.41, 5.74) is 0. The molecule has 1 aromatic rings. The number of halogens is 1. The highest BCUT2D eigenvalue weighted by molar-refractivity contribution is 7.89. The lowest BCUT2D eigenvalue weighted by molar-refractivity contribution is -0.118. The molecule has 1 heterocycles. The highest BCUT2D eigenvalue weighted by Crippen LogP contribution is 2.18. The van der Waals surface area contributed by atoms with Crippen molar-refractivity contribution in [2.75, 3.05) is 13.1 Å². The molecule has 0 aliphatic carbocycles. The van der Waals surface area contributed by atoms with Crippen LogP contribution in [0.5, 0.6) is 0 Å². The van der Waals surface area contributed by atoms with Crippen molar-refractivity contribution in [2.45, 2.75) is 11.8 Å². The van der Waals surface area contributed by atoms with Gasteiger partial charge in [-0.15, -0.1) is 0 Å². The first kappa shape index (κ1) is 13.9. The van der Waals surface area contributed by atoms with E-state index in [0.29, 0.717) is 0 Å². The van der Waals surface area contributed by atoms with Crippen LogP contribution in [0.1, 0.15) is 6.92 Å². The number of sulfonamides is 1. The lowest BCUT2D eigenvalue weighted by Gasteiger charge is -2.07. The zero-order valence-corrected chi connectivity index (χ0v) is 10.7. The Bertz CT molecular complexity index is 504. The summed E-state index contributed by atoms with van der Waals surface area (Å²) in [6.07, 6.45) is 2.57. The van der Waals surface area contributed by atoms with Crippen molar-refractivity contribution < 1.29 is 13.2 Å². The van der Waals surface area contributed by atoms with Gasteiger partial charge in [0.25, 0.3) is 0 Å². The maximum Gasteiger partial charge on any atom is 0.243 e. The van der Waals surface area contributed by atoms with E-state index in [2.05, 4.69) is 15.0 Å². The van der Waals surface area contributed by atoms with Gasteiger partial charge in [-0.2, -0.15) is 0 Å². The molecule has 0 radical (unpaired) electrons. The Morgan fingerprint density at radius 3 is 2.76 bits per heavy atom. The standard InChI is InChI=1S/C9H12ClN3O3S/c1-7(14)12-4-5-13-17(15,16)9-6-11-3-2-8(9)10/h2-3,6,13H,4-5H2,1H3,(H,12,14). The smallest absolute Gasteiger partial charge is 0.243 e. The van der Waals surface area contributed by atoms with Crippen molar-refractivity contribution in [1.82, 2.24) is 15.0 Å². The molecule has 0 aliphatic rings. The molecule has 0 fully saturated rings. The van der Waals surface area contributed by atoms with Crippen LogP contribution in [0.4, 0.5) is 0 Å². The Morgan fingerprint density at radius 2 is 2.18 bits per heavy atom. The Hall–Kier alpha value is -1.18. The minimum atomic E-state index is -3.68. The zero-order chi connectivity index (χ0) is 12.9. The highest BCUT2D eigenvalue weighted by atomic mass is 35.5. The fourth-order valence-electron chi connectivity index (χ4n) is 1.06. The van der Waals surface area contributed by atoms with Crippen molar-refractivity contribution in [3.05, 3.63) is 23.5 Å². The van der Waals surface area contributed by atoms with Crippen molar-refractivity contribution in [2.24, 2.45) is 0 Å². The quantitative estimate of drug-likeness (QED) is 0.750. The first-order valence-corrected chi connectivity index (χ1v) is 6.63. The van der Waals surface area contributed by atoms with Gasteiger partial charge in [0.1, 0.15) is 4.90 Å². The molecular formula is C9H12ClN3O3S. The van der Waals surface area contributed by atoms with E-state index in [9.17, 15) is 13.2 Å². The molecule has 0 atom stereocenters. The van der Waals surface area contributed by atoms with Crippen LogP contribution in [-0.4, -0.2) is 32.4 Å². The first-order valence-electron chi connectivity index (χ1n) is 4.77. The molecule has 0 saturated carbocycles. The lowest BCUT2D eigenvalue weighted by atomic mass is 10.5. The van der Waals surface area contributed by atoms with Crippen molar-refractivity contribution in [1.29, 1.82) is 0 Å². The molecule has 0 aliphatic heterocycles. The van der Waals surface area contributed by atoms with Crippen LogP contribution in [0.3, 0.4) is 0 Å². The third-order valence-corrected chi connectivity index (χ3v) is 3.74. The summed E-state index contributed by atoms with van der Waals surface area (Å²) in [5.74, 6) is -0.219. The zero-order valence-electron chi connectivity index (χ0n) is 9.10. The second kappa shape index (κ2) is 5.95. The van der Waals surface area contributed by atoms with Gasteiger partial charge < -0.3 is 5.32 Å². The summed E-state index contributed by atoms with van der Waals surface area (Å²) in [6, 6.07) is 1.39. The van der Waals surface area contributed by atoms with E-state index in [1.165, 1.54) is 25.4 Å². The topological polar surface area (TPSA) is 88.2 Å². The number of nitrogens with zero attached hydrogens (tertiary/aromatic N) is 1. The number of rotatable bonds is 5. The van der Waals surface area contributed by atoms with Crippen LogP contribution in [-0.2, 0) is 14.8 Å². The summed E-state index contributed by atoms with van der Waals surface area (Å²) >= 11 is 5.74. The number of amides is 1. The van der Waals surface area contributed by atoms with Gasteiger partial charge >= 0.3 is 0 Å². The Morgan fingerprint density at radius 1 is 1.47 bits per heavy atom. The Labute approximate surface area is 104 Å². The number of aromatic nitrogens is 1. The van der Waals surface area contributed by atoms with E-state index in [1.807, 2.05) is 0 Å².